The van der Waals surface area contributed by atoms with Crippen LogP contribution in [-0.2, 0) is 9.59 Å². The highest BCUT2D eigenvalue weighted by molar-refractivity contribution is 5.86. The molecule has 2 N–H and O–H groups in total. The summed E-state index contributed by atoms with van der Waals surface area (Å²) in [5.41, 5.74) is 3.02. The molecule has 0 heterocycles. The third-order valence-corrected chi connectivity index (χ3v) is 4.31. The van der Waals surface area contributed by atoms with E-state index in [1.807, 2.05) is 39.8 Å². The maximum Gasteiger partial charge on any atom is 0.326 e. The Morgan fingerprint density at radius 1 is 1.17 bits per heavy atom. The fraction of sp³-hybridized carbons (Fsp3) is 0.556. The first kappa shape index (κ1) is 19.0. The van der Waals surface area contributed by atoms with Crippen molar-refractivity contribution >= 4 is 11.9 Å². The van der Waals surface area contributed by atoms with Crippen molar-refractivity contribution < 1.29 is 19.4 Å². The van der Waals surface area contributed by atoms with E-state index in [1.165, 1.54) is 0 Å². The molecule has 0 aliphatic carbocycles. The largest absolute Gasteiger partial charge is 0.480 e. The number of carbonyl (C=O) groups excluding carboxylic acids is 1. The Kier molecular flexibility index (Phi) is 6.61. The number of carbonyl (C=O) groups is 2. The van der Waals surface area contributed by atoms with Crippen LogP contribution in [0.5, 0.6) is 5.75 Å². The van der Waals surface area contributed by atoms with Gasteiger partial charge in [0.05, 0.1) is 0 Å². The van der Waals surface area contributed by atoms with E-state index in [1.54, 1.807) is 13.8 Å². The van der Waals surface area contributed by atoms with E-state index >= 15 is 0 Å². The molecule has 3 unspecified atom stereocenters. The first-order valence-corrected chi connectivity index (χ1v) is 7.95. The van der Waals surface area contributed by atoms with Gasteiger partial charge in [-0.15, -0.1) is 0 Å². The first-order chi connectivity index (χ1) is 10.7. The molecule has 23 heavy (non-hydrogen) atoms. The zero-order valence-corrected chi connectivity index (χ0v) is 14.8. The van der Waals surface area contributed by atoms with Crippen molar-refractivity contribution in [2.24, 2.45) is 5.92 Å². The zero-order valence-electron chi connectivity index (χ0n) is 14.8. The fourth-order valence-corrected chi connectivity index (χ4v) is 2.29. The van der Waals surface area contributed by atoms with Crippen LogP contribution >= 0.6 is 0 Å². The average molecular weight is 321 g/mol. The third-order valence-electron chi connectivity index (χ3n) is 4.31. The highest BCUT2D eigenvalue weighted by atomic mass is 16.5. The van der Waals surface area contributed by atoms with Crippen LogP contribution in [0.15, 0.2) is 12.1 Å². The van der Waals surface area contributed by atoms with E-state index in [0.717, 1.165) is 16.7 Å². The molecular weight excluding hydrogens is 294 g/mol. The molecule has 0 saturated carbocycles. The SMILES string of the molecule is CCC(C)C(NC(=O)C(C)Oc1c(C)ccc(C)c1C)C(=O)O. The summed E-state index contributed by atoms with van der Waals surface area (Å²) in [5.74, 6) is -0.907. The van der Waals surface area contributed by atoms with Crippen molar-refractivity contribution in [2.45, 2.75) is 60.1 Å². The lowest BCUT2D eigenvalue weighted by atomic mass is 9.99. The van der Waals surface area contributed by atoms with E-state index in [0.29, 0.717) is 12.2 Å². The molecule has 5 nitrogen and oxygen atoms in total. The molecule has 1 rings (SSSR count). The number of amides is 1. The average Bonchev–Trinajstić information content (AvgIpc) is 2.51. The Bertz CT molecular complexity index is 583. The molecule has 0 aliphatic rings. The molecule has 1 aromatic rings. The summed E-state index contributed by atoms with van der Waals surface area (Å²) in [7, 11) is 0. The number of ether oxygens (including phenoxy) is 1. The van der Waals surface area contributed by atoms with Crippen LogP contribution < -0.4 is 10.1 Å². The van der Waals surface area contributed by atoms with E-state index < -0.39 is 24.0 Å². The normalized spacial score (nSPS) is 14.7. The van der Waals surface area contributed by atoms with Gasteiger partial charge < -0.3 is 15.2 Å². The molecule has 0 saturated heterocycles. The van der Waals surface area contributed by atoms with Crippen molar-refractivity contribution in [3.8, 4) is 5.75 Å². The number of hydrogen-bond acceptors (Lipinski definition) is 3. The lowest BCUT2D eigenvalue weighted by molar-refractivity contribution is -0.144. The highest BCUT2D eigenvalue weighted by Crippen LogP contribution is 2.26. The monoisotopic (exact) mass is 321 g/mol. The van der Waals surface area contributed by atoms with Crippen LogP contribution in [0.1, 0.15) is 43.9 Å². The van der Waals surface area contributed by atoms with Gasteiger partial charge in [-0.05, 0) is 50.3 Å². The molecule has 128 valence electrons. The van der Waals surface area contributed by atoms with Crippen LogP contribution in [-0.4, -0.2) is 29.1 Å². The lowest BCUT2D eigenvalue weighted by Gasteiger charge is -2.23. The summed E-state index contributed by atoms with van der Waals surface area (Å²) >= 11 is 0. The number of benzene rings is 1. The second-order valence-electron chi connectivity index (χ2n) is 6.12. The van der Waals surface area contributed by atoms with Gasteiger partial charge >= 0.3 is 5.97 Å². The number of aryl methyl sites for hydroxylation is 2. The van der Waals surface area contributed by atoms with Crippen LogP contribution in [0.3, 0.4) is 0 Å². The van der Waals surface area contributed by atoms with Crippen molar-refractivity contribution in [3.05, 3.63) is 28.8 Å². The van der Waals surface area contributed by atoms with Crippen LogP contribution in [0.2, 0.25) is 0 Å². The predicted molar refractivity (Wildman–Crippen MR) is 89.8 cm³/mol. The maximum absolute atomic E-state index is 12.3. The molecule has 3 atom stereocenters. The first-order valence-electron chi connectivity index (χ1n) is 7.95. The summed E-state index contributed by atoms with van der Waals surface area (Å²) in [6.07, 6.45) is -0.0946. The molecular formula is C18H27NO4. The van der Waals surface area contributed by atoms with Crippen molar-refractivity contribution in [1.29, 1.82) is 0 Å². The highest BCUT2D eigenvalue weighted by Gasteiger charge is 2.28. The minimum Gasteiger partial charge on any atom is -0.480 e. The Labute approximate surface area is 138 Å². The summed E-state index contributed by atoms with van der Waals surface area (Å²) in [6, 6.07) is 3.05. The lowest BCUT2D eigenvalue weighted by Crippen LogP contribution is -2.49. The van der Waals surface area contributed by atoms with E-state index in [9.17, 15) is 14.7 Å². The Morgan fingerprint density at radius 3 is 2.26 bits per heavy atom. The van der Waals surface area contributed by atoms with Crippen molar-refractivity contribution in [1.82, 2.24) is 5.32 Å². The number of carboxylic acid groups (broad SMARTS) is 1. The van der Waals surface area contributed by atoms with Gasteiger partial charge in [-0.1, -0.05) is 32.4 Å². The summed E-state index contributed by atoms with van der Waals surface area (Å²) < 4.78 is 5.81. The maximum atomic E-state index is 12.3. The standard InChI is InChI=1S/C18H27NO4/c1-7-10(2)15(18(21)22)19-17(20)14(6)23-16-12(4)9-8-11(3)13(16)5/h8-10,14-15H,7H2,1-6H3,(H,19,20)(H,21,22). The molecule has 5 heteroatoms. The molecule has 0 radical (unpaired) electrons. The van der Waals surface area contributed by atoms with Crippen molar-refractivity contribution in [3.63, 3.8) is 0 Å². The fourth-order valence-electron chi connectivity index (χ4n) is 2.29. The number of hydrogen-bond donors (Lipinski definition) is 2. The molecule has 0 spiro atoms. The van der Waals surface area contributed by atoms with Crippen LogP contribution in [0, 0.1) is 26.7 Å². The van der Waals surface area contributed by atoms with Gasteiger partial charge in [-0.25, -0.2) is 4.79 Å². The molecule has 0 aliphatic heterocycles. The molecule has 1 amide bonds. The topological polar surface area (TPSA) is 75.6 Å². The zero-order chi connectivity index (χ0) is 17.7. The van der Waals surface area contributed by atoms with Gasteiger partial charge in [-0.2, -0.15) is 0 Å². The second kappa shape index (κ2) is 7.99. The van der Waals surface area contributed by atoms with Gasteiger partial charge in [0.2, 0.25) is 0 Å². The van der Waals surface area contributed by atoms with Crippen LogP contribution in [0.4, 0.5) is 0 Å². The van der Waals surface area contributed by atoms with Gasteiger partial charge in [0, 0.05) is 0 Å². The molecule has 0 aromatic heterocycles. The van der Waals surface area contributed by atoms with E-state index in [4.69, 9.17) is 4.74 Å². The van der Waals surface area contributed by atoms with Crippen molar-refractivity contribution in [2.75, 3.05) is 0 Å². The summed E-state index contributed by atoms with van der Waals surface area (Å²) in [5, 5.41) is 11.8. The number of rotatable bonds is 7. The molecule has 0 bridgehead atoms. The Hall–Kier alpha value is -2.04. The predicted octanol–water partition coefficient (Wildman–Crippen LogP) is 2.99. The summed E-state index contributed by atoms with van der Waals surface area (Å²) in [6.45, 7) is 11.2. The third kappa shape index (κ3) is 4.71. The quantitative estimate of drug-likeness (QED) is 0.809. The van der Waals surface area contributed by atoms with Gasteiger partial charge in [0.15, 0.2) is 6.10 Å². The van der Waals surface area contributed by atoms with Crippen LogP contribution in [0.25, 0.3) is 0 Å². The van der Waals surface area contributed by atoms with E-state index in [2.05, 4.69) is 5.32 Å². The minimum atomic E-state index is -1.03. The number of carboxylic acids is 1. The second-order valence-corrected chi connectivity index (χ2v) is 6.12. The Balaban J connectivity index is 2.86. The number of nitrogens with one attached hydrogen (secondary N) is 1. The van der Waals surface area contributed by atoms with Gasteiger partial charge in [0.25, 0.3) is 5.91 Å². The van der Waals surface area contributed by atoms with Gasteiger partial charge in [-0.3, -0.25) is 4.79 Å². The van der Waals surface area contributed by atoms with E-state index in [-0.39, 0.29) is 5.92 Å². The number of aliphatic carboxylic acids is 1. The Morgan fingerprint density at radius 2 is 1.74 bits per heavy atom. The minimum absolute atomic E-state index is 0.147. The summed E-state index contributed by atoms with van der Waals surface area (Å²) in [4.78, 5) is 23.6. The molecule has 1 aromatic carbocycles. The smallest absolute Gasteiger partial charge is 0.326 e. The molecule has 0 fully saturated rings. The van der Waals surface area contributed by atoms with Gasteiger partial charge in [0.1, 0.15) is 11.8 Å².